The highest BCUT2D eigenvalue weighted by atomic mass is 32.2. The highest BCUT2D eigenvalue weighted by Gasteiger charge is 2.32. The first-order valence-corrected chi connectivity index (χ1v) is 10.3. The van der Waals surface area contributed by atoms with Gasteiger partial charge in [0.1, 0.15) is 5.37 Å². The molecule has 118 valence electrons. The second-order valence-corrected chi connectivity index (χ2v) is 8.84. The summed E-state index contributed by atoms with van der Waals surface area (Å²) in [6, 6.07) is 8.14. The van der Waals surface area contributed by atoms with Crippen molar-refractivity contribution in [3.8, 4) is 0 Å². The van der Waals surface area contributed by atoms with Crippen LogP contribution < -0.4 is 5.73 Å². The van der Waals surface area contributed by atoms with Crippen LogP contribution in [0.4, 0.5) is 0 Å². The Bertz CT molecular complexity index is 561. The molecule has 1 saturated heterocycles. The molecule has 2 rings (SSSR count). The molecule has 1 aromatic carbocycles. The molecule has 21 heavy (non-hydrogen) atoms. The SMILES string of the molecule is CCS(=O)(=O)C1CSCCN1CCc1ccccc1CN. The zero-order chi connectivity index (χ0) is 15.3. The molecule has 0 amide bonds. The molecular formula is C15H24N2O2S2. The Hall–Kier alpha value is -0.560. The Morgan fingerprint density at radius 2 is 2.05 bits per heavy atom. The molecule has 1 unspecified atom stereocenters. The average molecular weight is 329 g/mol. The summed E-state index contributed by atoms with van der Waals surface area (Å²) in [6.07, 6.45) is 0.855. The van der Waals surface area contributed by atoms with E-state index in [-0.39, 0.29) is 11.1 Å². The molecule has 2 N–H and O–H groups in total. The van der Waals surface area contributed by atoms with Crippen LogP contribution in [0.5, 0.6) is 0 Å². The Morgan fingerprint density at radius 1 is 1.33 bits per heavy atom. The molecule has 1 aromatic rings. The van der Waals surface area contributed by atoms with Crippen LogP contribution in [0.3, 0.4) is 0 Å². The van der Waals surface area contributed by atoms with Crippen molar-refractivity contribution in [2.24, 2.45) is 5.73 Å². The van der Waals surface area contributed by atoms with E-state index in [1.807, 2.05) is 18.2 Å². The Kier molecular flexibility index (Phi) is 6.10. The van der Waals surface area contributed by atoms with E-state index in [0.29, 0.717) is 12.3 Å². The van der Waals surface area contributed by atoms with Crippen molar-refractivity contribution < 1.29 is 8.42 Å². The molecule has 1 fully saturated rings. The highest BCUT2D eigenvalue weighted by molar-refractivity contribution is 8.01. The summed E-state index contributed by atoms with van der Waals surface area (Å²) in [6.45, 7) is 3.89. The molecule has 4 nitrogen and oxygen atoms in total. The number of sulfone groups is 1. The zero-order valence-electron chi connectivity index (χ0n) is 12.5. The number of hydrogen-bond acceptors (Lipinski definition) is 5. The van der Waals surface area contributed by atoms with Gasteiger partial charge in [-0.05, 0) is 17.5 Å². The van der Waals surface area contributed by atoms with Crippen LogP contribution in [0.2, 0.25) is 0 Å². The topological polar surface area (TPSA) is 63.4 Å². The maximum atomic E-state index is 12.2. The van der Waals surface area contributed by atoms with Crippen molar-refractivity contribution in [2.75, 3.05) is 30.3 Å². The standard InChI is InChI=1S/C15H24N2O2S2/c1-2-21(18,19)15-12-20-10-9-17(15)8-7-13-5-3-4-6-14(13)11-16/h3-6,15H,2,7-12,16H2,1H3. The lowest BCUT2D eigenvalue weighted by atomic mass is 10.0. The monoisotopic (exact) mass is 328 g/mol. The molecule has 1 heterocycles. The third kappa shape index (κ3) is 4.22. The van der Waals surface area contributed by atoms with Crippen LogP contribution in [0.25, 0.3) is 0 Å². The molecule has 1 atom stereocenters. The van der Waals surface area contributed by atoms with E-state index in [4.69, 9.17) is 5.73 Å². The number of nitrogens with two attached hydrogens (primary N) is 1. The summed E-state index contributed by atoms with van der Waals surface area (Å²) >= 11 is 1.74. The predicted octanol–water partition coefficient (Wildman–Crippen LogP) is 1.50. The largest absolute Gasteiger partial charge is 0.326 e. The fourth-order valence-electron chi connectivity index (χ4n) is 2.66. The molecule has 1 aliphatic rings. The van der Waals surface area contributed by atoms with Gasteiger partial charge >= 0.3 is 0 Å². The van der Waals surface area contributed by atoms with E-state index >= 15 is 0 Å². The molecule has 0 radical (unpaired) electrons. The second kappa shape index (κ2) is 7.63. The van der Waals surface area contributed by atoms with E-state index in [9.17, 15) is 8.42 Å². The van der Waals surface area contributed by atoms with Gasteiger partial charge in [0.25, 0.3) is 0 Å². The van der Waals surface area contributed by atoms with Gasteiger partial charge in [-0.25, -0.2) is 8.42 Å². The van der Waals surface area contributed by atoms with Crippen molar-refractivity contribution in [3.05, 3.63) is 35.4 Å². The minimum Gasteiger partial charge on any atom is -0.326 e. The van der Waals surface area contributed by atoms with E-state index < -0.39 is 9.84 Å². The second-order valence-electron chi connectivity index (χ2n) is 5.24. The minimum atomic E-state index is -3.01. The maximum Gasteiger partial charge on any atom is 0.166 e. The van der Waals surface area contributed by atoms with E-state index in [0.717, 1.165) is 30.8 Å². The lowest BCUT2D eigenvalue weighted by Gasteiger charge is -2.34. The lowest BCUT2D eigenvalue weighted by molar-refractivity contribution is 0.273. The molecule has 0 spiro atoms. The van der Waals surface area contributed by atoms with Crippen LogP contribution in [0.1, 0.15) is 18.1 Å². The van der Waals surface area contributed by atoms with Crippen LogP contribution in [0, 0.1) is 0 Å². The number of rotatable bonds is 6. The molecule has 6 heteroatoms. The Morgan fingerprint density at radius 3 is 2.71 bits per heavy atom. The third-order valence-corrected chi connectivity index (χ3v) is 7.35. The van der Waals surface area contributed by atoms with Crippen molar-refractivity contribution >= 4 is 21.6 Å². The molecule has 0 bridgehead atoms. The first-order chi connectivity index (χ1) is 10.1. The summed E-state index contributed by atoms with van der Waals surface area (Å²) in [5, 5.41) is -0.328. The molecular weight excluding hydrogens is 304 g/mol. The molecule has 1 aliphatic heterocycles. The summed E-state index contributed by atoms with van der Waals surface area (Å²) in [5.41, 5.74) is 8.14. The zero-order valence-corrected chi connectivity index (χ0v) is 14.1. The number of nitrogens with zero attached hydrogens (tertiary/aromatic N) is 1. The summed E-state index contributed by atoms with van der Waals surface area (Å²) in [4.78, 5) is 2.13. The first kappa shape index (κ1) is 16.8. The fourth-order valence-corrected chi connectivity index (χ4v) is 5.77. The Labute approximate surface area is 132 Å². The fraction of sp³-hybridized carbons (Fsp3) is 0.600. The molecule has 0 aromatic heterocycles. The Balaban J connectivity index is 2.06. The van der Waals surface area contributed by atoms with Crippen LogP contribution in [-0.4, -0.2) is 49.0 Å². The van der Waals surface area contributed by atoms with Gasteiger partial charge < -0.3 is 5.73 Å². The lowest BCUT2D eigenvalue weighted by Crippen LogP contribution is -2.48. The van der Waals surface area contributed by atoms with E-state index in [2.05, 4.69) is 11.0 Å². The quantitative estimate of drug-likeness (QED) is 0.857. The van der Waals surface area contributed by atoms with Crippen LogP contribution in [-0.2, 0) is 22.8 Å². The first-order valence-electron chi connectivity index (χ1n) is 7.38. The highest BCUT2D eigenvalue weighted by Crippen LogP contribution is 2.22. The van der Waals surface area contributed by atoms with Gasteiger partial charge in [0.15, 0.2) is 9.84 Å². The van der Waals surface area contributed by atoms with Gasteiger partial charge in [0.2, 0.25) is 0 Å². The summed E-state index contributed by atoms with van der Waals surface area (Å²) < 4.78 is 24.4. The van der Waals surface area contributed by atoms with Crippen LogP contribution >= 0.6 is 11.8 Å². The smallest absolute Gasteiger partial charge is 0.166 e. The van der Waals surface area contributed by atoms with Crippen LogP contribution in [0.15, 0.2) is 24.3 Å². The molecule has 0 aliphatic carbocycles. The van der Waals surface area contributed by atoms with Crippen molar-refractivity contribution in [2.45, 2.75) is 25.3 Å². The number of benzene rings is 1. The van der Waals surface area contributed by atoms with Crippen molar-refractivity contribution in [1.29, 1.82) is 0 Å². The number of hydrogen-bond donors (Lipinski definition) is 1. The minimum absolute atomic E-state index is 0.216. The van der Waals surface area contributed by atoms with Gasteiger partial charge in [-0.2, -0.15) is 11.8 Å². The predicted molar refractivity (Wildman–Crippen MR) is 90.2 cm³/mol. The van der Waals surface area contributed by atoms with E-state index in [1.54, 1.807) is 18.7 Å². The maximum absolute atomic E-state index is 12.2. The van der Waals surface area contributed by atoms with Gasteiger partial charge in [0.05, 0.1) is 0 Å². The molecule has 0 saturated carbocycles. The van der Waals surface area contributed by atoms with Gasteiger partial charge in [-0.15, -0.1) is 0 Å². The normalized spacial score (nSPS) is 20.6. The third-order valence-electron chi connectivity index (χ3n) is 4.01. The van der Waals surface area contributed by atoms with E-state index in [1.165, 1.54) is 5.56 Å². The average Bonchev–Trinajstić information content (AvgIpc) is 2.53. The number of thioether (sulfide) groups is 1. The van der Waals surface area contributed by atoms with Gasteiger partial charge in [-0.3, -0.25) is 4.90 Å². The van der Waals surface area contributed by atoms with Gasteiger partial charge in [0, 0.05) is 36.9 Å². The summed E-state index contributed by atoms with van der Waals surface area (Å²) in [5.74, 6) is 1.91. The van der Waals surface area contributed by atoms with Crippen molar-refractivity contribution in [3.63, 3.8) is 0 Å². The van der Waals surface area contributed by atoms with Crippen molar-refractivity contribution in [1.82, 2.24) is 4.90 Å². The summed E-state index contributed by atoms with van der Waals surface area (Å²) in [7, 11) is -3.01. The van der Waals surface area contributed by atoms with Gasteiger partial charge in [-0.1, -0.05) is 31.2 Å².